The van der Waals surface area contributed by atoms with Crippen molar-refractivity contribution in [1.29, 1.82) is 0 Å². The van der Waals surface area contributed by atoms with E-state index >= 15 is 0 Å². The van der Waals surface area contributed by atoms with Gasteiger partial charge in [0.2, 0.25) is 10.0 Å². The summed E-state index contributed by atoms with van der Waals surface area (Å²) in [5.74, 6) is 0. The van der Waals surface area contributed by atoms with Crippen molar-refractivity contribution in [3.05, 3.63) is 36.0 Å². The standard InChI is InChI=1S/C11H14N2O2S/c1-16(14,15)12-7-6-10-8-9-4-2-3-5-11(9)13-10/h2-5,8,12-13H,6-7H2,1H3. The summed E-state index contributed by atoms with van der Waals surface area (Å²) in [6.07, 6.45) is 1.83. The third kappa shape index (κ3) is 2.84. The van der Waals surface area contributed by atoms with Gasteiger partial charge in [-0.2, -0.15) is 0 Å². The first-order chi connectivity index (χ1) is 7.54. The molecule has 2 rings (SSSR count). The van der Waals surface area contributed by atoms with Crippen LogP contribution in [0.1, 0.15) is 5.69 Å². The fourth-order valence-electron chi connectivity index (χ4n) is 1.64. The van der Waals surface area contributed by atoms with Gasteiger partial charge in [-0.1, -0.05) is 18.2 Å². The molecule has 0 atom stereocenters. The number of hydrogen-bond donors (Lipinski definition) is 2. The van der Waals surface area contributed by atoms with Crippen molar-refractivity contribution in [1.82, 2.24) is 9.71 Å². The van der Waals surface area contributed by atoms with Crippen LogP contribution in [0.5, 0.6) is 0 Å². The van der Waals surface area contributed by atoms with Gasteiger partial charge in [0.05, 0.1) is 6.26 Å². The highest BCUT2D eigenvalue weighted by molar-refractivity contribution is 7.88. The quantitative estimate of drug-likeness (QED) is 0.842. The molecule has 0 amide bonds. The minimum Gasteiger partial charge on any atom is -0.358 e. The van der Waals surface area contributed by atoms with Crippen LogP contribution in [0.2, 0.25) is 0 Å². The number of hydrogen-bond acceptors (Lipinski definition) is 2. The maximum absolute atomic E-state index is 10.9. The Kier molecular flexibility index (Phi) is 2.98. The maximum Gasteiger partial charge on any atom is 0.208 e. The first kappa shape index (κ1) is 11.2. The Labute approximate surface area is 94.7 Å². The van der Waals surface area contributed by atoms with Crippen molar-refractivity contribution in [2.45, 2.75) is 6.42 Å². The van der Waals surface area contributed by atoms with Gasteiger partial charge in [-0.3, -0.25) is 0 Å². The molecule has 0 saturated carbocycles. The summed E-state index contributed by atoms with van der Waals surface area (Å²) in [7, 11) is -3.09. The molecule has 1 aromatic carbocycles. The zero-order valence-electron chi connectivity index (χ0n) is 9.03. The van der Waals surface area contributed by atoms with Crippen molar-refractivity contribution in [3.8, 4) is 0 Å². The summed E-state index contributed by atoms with van der Waals surface area (Å²) in [6, 6.07) is 10.0. The van der Waals surface area contributed by atoms with Gasteiger partial charge in [-0.15, -0.1) is 0 Å². The third-order valence-corrected chi connectivity index (χ3v) is 3.07. The highest BCUT2D eigenvalue weighted by atomic mass is 32.2. The first-order valence-electron chi connectivity index (χ1n) is 5.06. The van der Waals surface area contributed by atoms with Gasteiger partial charge in [0.15, 0.2) is 0 Å². The van der Waals surface area contributed by atoms with Crippen LogP contribution in [0, 0.1) is 0 Å². The van der Waals surface area contributed by atoms with Gasteiger partial charge in [-0.05, 0) is 17.5 Å². The Morgan fingerprint density at radius 2 is 2.06 bits per heavy atom. The van der Waals surface area contributed by atoms with Crippen LogP contribution < -0.4 is 4.72 Å². The van der Waals surface area contributed by atoms with E-state index < -0.39 is 10.0 Å². The van der Waals surface area contributed by atoms with E-state index in [1.807, 2.05) is 30.3 Å². The second kappa shape index (κ2) is 4.27. The molecule has 0 spiro atoms. The Morgan fingerprint density at radius 1 is 1.31 bits per heavy atom. The third-order valence-electron chi connectivity index (χ3n) is 2.34. The molecule has 2 N–H and O–H groups in total. The Hall–Kier alpha value is -1.33. The van der Waals surface area contributed by atoms with Gasteiger partial charge in [-0.25, -0.2) is 13.1 Å². The lowest BCUT2D eigenvalue weighted by Crippen LogP contribution is -2.24. The number of rotatable bonds is 4. The first-order valence-corrected chi connectivity index (χ1v) is 6.95. The summed E-state index contributed by atoms with van der Waals surface area (Å²) in [5, 5.41) is 1.15. The van der Waals surface area contributed by atoms with E-state index in [9.17, 15) is 8.42 Å². The molecule has 1 heterocycles. The Morgan fingerprint density at radius 3 is 2.75 bits per heavy atom. The van der Waals surface area contributed by atoms with Crippen LogP contribution >= 0.6 is 0 Å². The van der Waals surface area contributed by atoms with E-state index in [2.05, 4.69) is 9.71 Å². The van der Waals surface area contributed by atoms with Gasteiger partial charge in [0.1, 0.15) is 0 Å². The smallest absolute Gasteiger partial charge is 0.208 e. The molecule has 4 nitrogen and oxygen atoms in total. The van der Waals surface area contributed by atoms with Crippen LogP contribution in [0.4, 0.5) is 0 Å². The molecule has 5 heteroatoms. The molecule has 0 bridgehead atoms. The molecule has 0 aliphatic heterocycles. The minimum atomic E-state index is -3.09. The van der Waals surface area contributed by atoms with Crippen LogP contribution in [-0.4, -0.2) is 26.2 Å². The second-order valence-electron chi connectivity index (χ2n) is 3.80. The summed E-state index contributed by atoms with van der Waals surface area (Å²) >= 11 is 0. The molecule has 0 aliphatic rings. The summed E-state index contributed by atoms with van der Waals surface area (Å²) in [4.78, 5) is 3.25. The van der Waals surface area contributed by atoms with Crippen LogP contribution in [0.25, 0.3) is 10.9 Å². The highest BCUT2D eigenvalue weighted by Crippen LogP contribution is 2.14. The zero-order chi connectivity index (χ0) is 11.6. The molecule has 16 heavy (non-hydrogen) atoms. The van der Waals surface area contributed by atoms with Crippen LogP contribution in [0.15, 0.2) is 30.3 Å². The summed E-state index contributed by atoms with van der Waals surface area (Å²) in [6.45, 7) is 0.422. The predicted molar refractivity (Wildman–Crippen MR) is 64.8 cm³/mol. The SMILES string of the molecule is CS(=O)(=O)NCCc1cc2ccccc2[nH]1. The van der Waals surface area contributed by atoms with Gasteiger partial charge in [0, 0.05) is 24.2 Å². The van der Waals surface area contributed by atoms with Gasteiger partial charge < -0.3 is 4.98 Å². The molecule has 1 aromatic heterocycles. The van der Waals surface area contributed by atoms with E-state index in [-0.39, 0.29) is 0 Å². The molecule has 86 valence electrons. The zero-order valence-corrected chi connectivity index (χ0v) is 9.84. The molecular weight excluding hydrogens is 224 g/mol. The van der Waals surface area contributed by atoms with Crippen molar-refractivity contribution in [2.24, 2.45) is 0 Å². The van der Waals surface area contributed by atoms with Crippen molar-refractivity contribution in [3.63, 3.8) is 0 Å². The second-order valence-corrected chi connectivity index (χ2v) is 5.63. The average molecular weight is 238 g/mol. The molecule has 0 radical (unpaired) electrons. The number of aromatic nitrogens is 1. The van der Waals surface area contributed by atoms with E-state index in [0.29, 0.717) is 13.0 Å². The minimum absolute atomic E-state index is 0.422. The molecule has 0 aliphatic carbocycles. The van der Waals surface area contributed by atoms with Crippen LogP contribution in [0.3, 0.4) is 0 Å². The number of aromatic amines is 1. The predicted octanol–water partition coefficient (Wildman–Crippen LogP) is 1.26. The summed E-state index contributed by atoms with van der Waals surface area (Å²) < 4.78 is 24.2. The van der Waals surface area contributed by atoms with E-state index in [1.165, 1.54) is 0 Å². The fraction of sp³-hybridized carbons (Fsp3) is 0.273. The van der Waals surface area contributed by atoms with Crippen molar-refractivity contribution in [2.75, 3.05) is 12.8 Å². The van der Waals surface area contributed by atoms with Crippen molar-refractivity contribution >= 4 is 20.9 Å². The molecule has 0 saturated heterocycles. The lowest BCUT2D eigenvalue weighted by molar-refractivity contribution is 0.587. The Balaban J connectivity index is 2.05. The normalized spacial score (nSPS) is 12.1. The molecule has 0 fully saturated rings. The van der Waals surface area contributed by atoms with Crippen molar-refractivity contribution < 1.29 is 8.42 Å². The highest BCUT2D eigenvalue weighted by Gasteiger charge is 2.02. The maximum atomic E-state index is 10.9. The molecular formula is C11H14N2O2S. The monoisotopic (exact) mass is 238 g/mol. The number of sulfonamides is 1. The molecule has 2 aromatic rings. The number of nitrogens with one attached hydrogen (secondary N) is 2. The fourth-order valence-corrected chi connectivity index (χ4v) is 2.11. The van der Waals surface area contributed by atoms with E-state index in [1.54, 1.807) is 0 Å². The topological polar surface area (TPSA) is 62.0 Å². The number of fused-ring (bicyclic) bond motifs is 1. The lowest BCUT2D eigenvalue weighted by atomic mass is 10.2. The van der Waals surface area contributed by atoms with E-state index in [4.69, 9.17) is 0 Å². The number of para-hydroxylation sites is 1. The molecule has 0 unspecified atom stereocenters. The number of H-pyrrole nitrogens is 1. The van der Waals surface area contributed by atoms with E-state index in [0.717, 1.165) is 22.9 Å². The summed E-state index contributed by atoms with van der Waals surface area (Å²) in [5.41, 5.74) is 2.12. The lowest BCUT2D eigenvalue weighted by Gasteiger charge is -1.99. The Bertz CT molecular complexity index is 554. The largest absolute Gasteiger partial charge is 0.358 e. The van der Waals surface area contributed by atoms with Gasteiger partial charge >= 0.3 is 0 Å². The number of benzene rings is 1. The average Bonchev–Trinajstić information content (AvgIpc) is 2.57. The van der Waals surface area contributed by atoms with Crippen LogP contribution in [-0.2, 0) is 16.4 Å². The van der Waals surface area contributed by atoms with Gasteiger partial charge in [0.25, 0.3) is 0 Å².